The molecule has 1 fully saturated rings. The van der Waals surface area contributed by atoms with Gasteiger partial charge in [-0.2, -0.15) is 0 Å². The number of hydrogen-bond donors (Lipinski definition) is 0. The third-order valence-electron chi connectivity index (χ3n) is 3.32. The van der Waals surface area contributed by atoms with Crippen LogP contribution in [0.1, 0.15) is 13.8 Å². The van der Waals surface area contributed by atoms with Crippen LogP contribution in [0.3, 0.4) is 0 Å². The van der Waals surface area contributed by atoms with Gasteiger partial charge in [0.2, 0.25) is 0 Å². The molecule has 2 heteroatoms. The van der Waals surface area contributed by atoms with E-state index in [0.29, 0.717) is 12.5 Å². The number of hydrogen-bond acceptors (Lipinski definition) is 1. The third kappa shape index (κ3) is 1.09. The molecule has 0 amide bonds. The van der Waals surface area contributed by atoms with Crippen LogP contribution < -0.4 is 0 Å². The summed E-state index contributed by atoms with van der Waals surface area (Å²) in [5.41, 5.74) is 1.01. The Morgan fingerprint density at radius 2 is 2.25 bits per heavy atom. The number of methoxy groups -OCH3 is 1. The van der Waals surface area contributed by atoms with E-state index in [9.17, 15) is 4.39 Å². The van der Waals surface area contributed by atoms with Crippen LogP contribution in [-0.2, 0) is 4.74 Å². The van der Waals surface area contributed by atoms with Gasteiger partial charge in [0.15, 0.2) is 0 Å². The highest BCUT2D eigenvalue weighted by atomic mass is 19.1. The van der Waals surface area contributed by atoms with Crippen LogP contribution in [0.15, 0.2) is 12.2 Å². The number of ether oxygens (including phenoxy) is 1. The smallest absolute Gasteiger partial charge is 0.0937 e. The molecule has 1 aliphatic rings. The lowest BCUT2D eigenvalue weighted by Crippen LogP contribution is -2.50. The summed E-state index contributed by atoms with van der Waals surface area (Å²) in [6.07, 6.45) is 0. The van der Waals surface area contributed by atoms with E-state index >= 15 is 0 Å². The predicted molar refractivity (Wildman–Crippen MR) is 47.8 cm³/mol. The van der Waals surface area contributed by atoms with Gasteiger partial charge in [0.1, 0.15) is 0 Å². The van der Waals surface area contributed by atoms with Gasteiger partial charge in [-0.25, -0.2) is 0 Å². The van der Waals surface area contributed by atoms with E-state index in [1.165, 1.54) is 0 Å². The van der Waals surface area contributed by atoms with Gasteiger partial charge < -0.3 is 4.74 Å². The molecular weight excluding hydrogens is 155 g/mol. The first-order valence-electron chi connectivity index (χ1n) is 4.32. The Hall–Kier alpha value is -0.370. The van der Waals surface area contributed by atoms with Crippen LogP contribution in [0, 0.1) is 17.3 Å². The summed E-state index contributed by atoms with van der Waals surface area (Å²) in [6, 6.07) is 0. The van der Waals surface area contributed by atoms with Crippen molar-refractivity contribution >= 4 is 0 Å². The highest BCUT2D eigenvalue weighted by Crippen LogP contribution is 2.54. The lowest BCUT2D eigenvalue weighted by molar-refractivity contribution is -0.0171. The zero-order valence-electron chi connectivity index (χ0n) is 8.06. The number of rotatable bonds is 3. The van der Waals surface area contributed by atoms with Gasteiger partial charge in [-0.05, 0) is 5.92 Å². The highest BCUT2D eigenvalue weighted by Gasteiger charge is 2.51. The van der Waals surface area contributed by atoms with E-state index in [1.807, 2.05) is 13.8 Å². The third-order valence-corrected chi connectivity index (χ3v) is 3.32. The zero-order valence-corrected chi connectivity index (χ0v) is 8.06. The SMILES string of the molecule is C=C1[C@@H](C)[C@H](CF)[C@@]1(C)COC. The summed E-state index contributed by atoms with van der Waals surface area (Å²) in [4.78, 5) is 0. The molecule has 1 aliphatic carbocycles. The van der Waals surface area contributed by atoms with Gasteiger partial charge >= 0.3 is 0 Å². The molecule has 0 unspecified atom stereocenters. The molecule has 0 radical (unpaired) electrons. The fourth-order valence-electron chi connectivity index (χ4n) is 2.26. The second kappa shape index (κ2) is 3.17. The van der Waals surface area contributed by atoms with E-state index < -0.39 is 0 Å². The van der Waals surface area contributed by atoms with Gasteiger partial charge in [-0.3, -0.25) is 4.39 Å². The Kier molecular flexibility index (Phi) is 2.57. The Balaban J connectivity index is 2.69. The van der Waals surface area contributed by atoms with Gasteiger partial charge in [0, 0.05) is 18.4 Å². The van der Waals surface area contributed by atoms with Crippen LogP contribution in [-0.4, -0.2) is 20.4 Å². The molecule has 0 spiro atoms. The molecule has 0 N–H and O–H groups in total. The molecule has 0 heterocycles. The average Bonchev–Trinajstić information content (AvgIpc) is 2.05. The molecule has 0 aromatic rings. The maximum absolute atomic E-state index is 12.6. The van der Waals surface area contributed by atoms with E-state index in [2.05, 4.69) is 6.58 Å². The van der Waals surface area contributed by atoms with Crippen LogP contribution in [0.2, 0.25) is 0 Å². The van der Waals surface area contributed by atoms with E-state index in [0.717, 1.165) is 5.57 Å². The maximum Gasteiger partial charge on any atom is 0.0937 e. The van der Waals surface area contributed by atoms with Crippen molar-refractivity contribution in [1.82, 2.24) is 0 Å². The molecule has 0 saturated heterocycles. The lowest BCUT2D eigenvalue weighted by Gasteiger charge is -2.53. The first kappa shape index (κ1) is 9.72. The van der Waals surface area contributed by atoms with Gasteiger partial charge in [-0.15, -0.1) is 0 Å². The van der Waals surface area contributed by atoms with Gasteiger partial charge in [-0.1, -0.05) is 26.0 Å². The minimum absolute atomic E-state index is 0.102. The minimum Gasteiger partial charge on any atom is -0.384 e. The monoisotopic (exact) mass is 172 g/mol. The second-order valence-electron chi connectivity index (χ2n) is 3.93. The van der Waals surface area contributed by atoms with Crippen molar-refractivity contribution in [3.05, 3.63) is 12.2 Å². The van der Waals surface area contributed by atoms with Crippen molar-refractivity contribution < 1.29 is 9.13 Å². The van der Waals surface area contributed by atoms with Crippen molar-refractivity contribution in [2.24, 2.45) is 17.3 Å². The molecule has 12 heavy (non-hydrogen) atoms. The van der Waals surface area contributed by atoms with E-state index in [-0.39, 0.29) is 18.0 Å². The van der Waals surface area contributed by atoms with Gasteiger partial charge in [0.25, 0.3) is 0 Å². The molecule has 0 aromatic heterocycles. The Morgan fingerprint density at radius 3 is 2.67 bits per heavy atom. The van der Waals surface area contributed by atoms with Crippen LogP contribution in [0.25, 0.3) is 0 Å². The van der Waals surface area contributed by atoms with E-state index in [4.69, 9.17) is 4.74 Å². The number of alkyl halides is 1. The standard InChI is InChI=1S/C10H17FO/c1-7-8(2)10(3,6-12-4)9(7)5-11/h7,9H,2,5-6H2,1,3-4H3/t7-,9+,10+/m1/s1. The van der Waals surface area contributed by atoms with E-state index in [1.54, 1.807) is 7.11 Å². The fourth-order valence-corrected chi connectivity index (χ4v) is 2.26. The Bertz CT molecular complexity index is 190. The van der Waals surface area contributed by atoms with Crippen molar-refractivity contribution in [3.8, 4) is 0 Å². The first-order valence-corrected chi connectivity index (χ1v) is 4.32. The summed E-state index contributed by atoms with van der Waals surface area (Å²) < 4.78 is 17.7. The van der Waals surface area contributed by atoms with Crippen molar-refractivity contribution in [2.45, 2.75) is 13.8 Å². The minimum atomic E-state index is -0.264. The molecule has 1 rings (SSSR count). The molecule has 0 aliphatic heterocycles. The molecule has 1 saturated carbocycles. The maximum atomic E-state index is 12.6. The predicted octanol–water partition coefficient (Wildman–Crippen LogP) is 2.43. The summed E-state index contributed by atoms with van der Waals surface area (Å²) in [5.74, 6) is 0.417. The molecule has 70 valence electrons. The molecule has 0 bridgehead atoms. The molecular formula is C10H17FO. The highest BCUT2D eigenvalue weighted by molar-refractivity contribution is 5.26. The van der Waals surface area contributed by atoms with Gasteiger partial charge in [0.05, 0.1) is 13.3 Å². The fraction of sp³-hybridized carbons (Fsp3) is 0.800. The molecule has 3 atom stereocenters. The van der Waals surface area contributed by atoms with Crippen LogP contribution in [0.4, 0.5) is 4.39 Å². The largest absolute Gasteiger partial charge is 0.384 e. The Labute approximate surface area is 73.6 Å². The van der Waals surface area contributed by atoms with Crippen LogP contribution >= 0.6 is 0 Å². The average molecular weight is 172 g/mol. The van der Waals surface area contributed by atoms with Crippen LogP contribution in [0.5, 0.6) is 0 Å². The molecule has 1 nitrogen and oxygen atoms in total. The quantitative estimate of drug-likeness (QED) is 0.594. The summed E-state index contributed by atoms with van der Waals surface area (Å²) in [6.45, 7) is 8.35. The summed E-state index contributed by atoms with van der Waals surface area (Å²) in [5, 5.41) is 0. The van der Waals surface area contributed by atoms with Crippen molar-refractivity contribution in [2.75, 3.05) is 20.4 Å². The number of halogens is 1. The Morgan fingerprint density at radius 1 is 1.67 bits per heavy atom. The topological polar surface area (TPSA) is 9.23 Å². The summed E-state index contributed by atoms with van der Waals surface area (Å²) >= 11 is 0. The van der Waals surface area contributed by atoms with Crippen molar-refractivity contribution in [3.63, 3.8) is 0 Å². The normalized spacial score (nSPS) is 41.2. The zero-order chi connectivity index (χ0) is 9.35. The summed E-state index contributed by atoms with van der Waals surface area (Å²) in [7, 11) is 1.65. The first-order chi connectivity index (χ1) is 5.57. The molecule has 0 aromatic carbocycles. The second-order valence-corrected chi connectivity index (χ2v) is 3.93. The van der Waals surface area contributed by atoms with Crippen molar-refractivity contribution in [1.29, 1.82) is 0 Å². The lowest BCUT2D eigenvalue weighted by atomic mass is 9.53.